The highest BCUT2D eigenvalue weighted by Crippen LogP contribution is 2.31. The number of azo groups is 1. The second-order valence-corrected chi connectivity index (χ2v) is 9.55. The van der Waals surface area contributed by atoms with Crippen molar-refractivity contribution < 1.29 is 4.74 Å². The predicted molar refractivity (Wildman–Crippen MR) is 139 cm³/mol. The molecule has 3 aromatic rings. The van der Waals surface area contributed by atoms with E-state index >= 15 is 0 Å². The van der Waals surface area contributed by atoms with E-state index in [9.17, 15) is 0 Å². The second-order valence-electron chi connectivity index (χ2n) is 9.55. The Labute approximate surface area is 207 Å². The topological polar surface area (TPSA) is 118 Å². The predicted octanol–water partition coefficient (Wildman–Crippen LogP) is 4.48. The van der Waals surface area contributed by atoms with Crippen molar-refractivity contribution in [3.63, 3.8) is 0 Å². The number of fused-ring (bicyclic) bond motifs is 1. The zero-order valence-electron chi connectivity index (χ0n) is 21.5. The number of nitrogens with two attached hydrogens (primary N) is 1. The SMILES string of the molecule is CCC.CN=Nc1ccc(-c2ccn3nc(NC4CCN(C5(C)COC5)CC4)nc(N)c23)nc1C. The fourth-order valence-corrected chi connectivity index (χ4v) is 4.56. The summed E-state index contributed by atoms with van der Waals surface area (Å²) in [5.74, 6) is 0.979. The summed E-state index contributed by atoms with van der Waals surface area (Å²) in [7, 11) is 1.64. The summed E-state index contributed by atoms with van der Waals surface area (Å²) in [4.78, 5) is 11.8. The first-order chi connectivity index (χ1) is 16.9. The highest BCUT2D eigenvalue weighted by molar-refractivity contribution is 5.86. The molecule has 10 heteroatoms. The molecule has 0 aromatic carbocycles. The van der Waals surface area contributed by atoms with Crippen LogP contribution in [-0.4, -0.2) is 69.4 Å². The monoisotopic (exact) mass is 479 g/mol. The average Bonchev–Trinajstić information content (AvgIpc) is 3.25. The normalized spacial score (nSPS) is 18.3. The standard InChI is InChI=1S/C22H29N9O.C3H8/c1-14-17(28-24-3)4-5-18(25-14)16-8-11-31-19(16)20(23)27-21(29-31)26-15-6-9-30(10-7-15)22(2)12-32-13-22;1-3-2/h4-5,8,11,15H,6-7,9-10,12-13H2,1-3H3,(H3,23,26,27,29);3H2,1-2H3. The van der Waals surface area contributed by atoms with Crippen LogP contribution in [0.2, 0.25) is 0 Å². The number of nitrogen functional groups attached to an aromatic ring is 1. The maximum Gasteiger partial charge on any atom is 0.243 e. The lowest BCUT2D eigenvalue weighted by Gasteiger charge is -2.49. The Morgan fingerprint density at radius 2 is 1.89 bits per heavy atom. The molecule has 5 heterocycles. The van der Waals surface area contributed by atoms with Crippen molar-refractivity contribution in [2.24, 2.45) is 10.2 Å². The molecule has 2 fully saturated rings. The lowest BCUT2D eigenvalue weighted by molar-refractivity contribution is -0.135. The van der Waals surface area contributed by atoms with Gasteiger partial charge in [0.05, 0.1) is 30.1 Å². The van der Waals surface area contributed by atoms with Crippen LogP contribution in [0.3, 0.4) is 0 Å². The molecule has 0 saturated carbocycles. The summed E-state index contributed by atoms with van der Waals surface area (Å²) in [6, 6.07) is 6.11. The van der Waals surface area contributed by atoms with E-state index in [1.165, 1.54) is 6.42 Å². The largest absolute Gasteiger partial charge is 0.382 e. The first kappa shape index (κ1) is 25.0. The molecule has 0 amide bonds. The van der Waals surface area contributed by atoms with Crippen molar-refractivity contribution in [3.05, 3.63) is 30.1 Å². The molecule has 0 radical (unpaired) electrons. The molecule has 0 aliphatic carbocycles. The molecule has 0 bridgehead atoms. The van der Waals surface area contributed by atoms with Crippen molar-refractivity contribution in [2.75, 3.05) is 44.4 Å². The van der Waals surface area contributed by atoms with Gasteiger partial charge in [0, 0.05) is 37.9 Å². The van der Waals surface area contributed by atoms with E-state index in [-0.39, 0.29) is 5.54 Å². The van der Waals surface area contributed by atoms with Gasteiger partial charge in [-0.15, -0.1) is 5.10 Å². The molecule has 0 unspecified atom stereocenters. The third kappa shape index (κ3) is 5.28. The Hall–Kier alpha value is -3.11. The van der Waals surface area contributed by atoms with Gasteiger partial charge in [-0.1, -0.05) is 20.3 Å². The number of piperidine rings is 1. The van der Waals surface area contributed by atoms with E-state index < -0.39 is 0 Å². The van der Waals surface area contributed by atoms with Gasteiger partial charge in [-0.3, -0.25) is 9.88 Å². The number of ether oxygens (including phenoxy) is 1. The Balaban J connectivity index is 0.000000917. The zero-order chi connectivity index (χ0) is 25.0. The first-order valence-corrected chi connectivity index (χ1v) is 12.4. The number of nitrogens with zero attached hydrogens (tertiary/aromatic N) is 7. The fraction of sp³-hybridized carbons (Fsp3) is 0.560. The molecule has 5 rings (SSSR count). The number of hydrogen-bond donors (Lipinski definition) is 2. The molecule has 0 atom stereocenters. The molecule has 3 N–H and O–H groups in total. The van der Waals surface area contributed by atoms with E-state index in [4.69, 9.17) is 10.5 Å². The minimum atomic E-state index is 0.205. The van der Waals surface area contributed by atoms with Crippen molar-refractivity contribution in [3.8, 4) is 11.3 Å². The third-order valence-electron chi connectivity index (χ3n) is 6.50. The molecule has 2 aliphatic rings. The number of pyridine rings is 1. The molecule has 2 saturated heterocycles. The molecule has 35 heavy (non-hydrogen) atoms. The molecular formula is C25H37N9O. The average molecular weight is 480 g/mol. The smallest absolute Gasteiger partial charge is 0.243 e. The number of nitrogens with one attached hydrogen (secondary N) is 1. The molecule has 10 nitrogen and oxygen atoms in total. The number of rotatable bonds is 5. The van der Waals surface area contributed by atoms with E-state index in [2.05, 4.69) is 56.3 Å². The Kier molecular flexibility index (Phi) is 7.61. The van der Waals surface area contributed by atoms with Crippen LogP contribution in [-0.2, 0) is 4.74 Å². The van der Waals surface area contributed by atoms with Crippen LogP contribution in [0.5, 0.6) is 0 Å². The highest BCUT2D eigenvalue weighted by atomic mass is 16.5. The number of likely N-dealkylation sites (tertiary alicyclic amines) is 1. The Morgan fingerprint density at radius 1 is 1.17 bits per heavy atom. The number of aryl methyl sites for hydroxylation is 1. The van der Waals surface area contributed by atoms with Crippen LogP contribution in [0.4, 0.5) is 17.5 Å². The van der Waals surface area contributed by atoms with Gasteiger partial charge in [0.25, 0.3) is 0 Å². The lowest BCUT2D eigenvalue weighted by Crippen LogP contribution is -2.62. The van der Waals surface area contributed by atoms with Gasteiger partial charge in [-0.05, 0) is 44.9 Å². The van der Waals surface area contributed by atoms with Crippen molar-refractivity contribution in [2.45, 2.75) is 58.5 Å². The molecule has 3 aromatic heterocycles. The van der Waals surface area contributed by atoms with E-state index in [1.807, 2.05) is 31.3 Å². The second kappa shape index (κ2) is 10.7. The molecule has 2 aliphatic heterocycles. The van der Waals surface area contributed by atoms with Crippen LogP contribution in [0.15, 0.2) is 34.6 Å². The summed E-state index contributed by atoms with van der Waals surface area (Å²) in [6.07, 6.45) is 5.22. The number of aromatic nitrogens is 4. The quantitative estimate of drug-likeness (QED) is 0.518. The summed E-state index contributed by atoms with van der Waals surface area (Å²) in [6.45, 7) is 12.2. The van der Waals surface area contributed by atoms with E-state index in [0.717, 1.165) is 67.3 Å². The number of anilines is 2. The van der Waals surface area contributed by atoms with Crippen LogP contribution < -0.4 is 11.1 Å². The lowest BCUT2D eigenvalue weighted by atomic mass is 9.93. The van der Waals surface area contributed by atoms with Crippen molar-refractivity contribution in [1.82, 2.24) is 24.5 Å². The van der Waals surface area contributed by atoms with Gasteiger partial charge in [-0.25, -0.2) is 4.52 Å². The maximum absolute atomic E-state index is 6.37. The van der Waals surface area contributed by atoms with Gasteiger partial charge >= 0.3 is 0 Å². The van der Waals surface area contributed by atoms with E-state index in [1.54, 1.807) is 11.6 Å². The van der Waals surface area contributed by atoms with Crippen LogP contribution in [0.25, 0.3) is 16.8 Å². The Bertz CT molecular complexity index is 1180. The van der Waals surface area contributed by atoms with Crippen LogP contribution in [0, 0.1) is 6.92 Å². The zero-order valence-corrected chi connectivity index (χ0v) is 21.5. The van der Waals surface area contributed by atoms with Gasteiger partial charge in [0.1, 0.15) is 11.2 Å². The van der Waals surface area contributed by atoms with E-state index in [0.29, 0.717) is 17.8 Å². The van der Waals surface area contributed by atoms with Crippen LogP contribution >= 0.6 is 0 Å². The minimum Gasteiger partial charge on any atom is -0.382 e. The minimum absolute atomic E-state index is 0.205. The first-order valence-electron chi connectivity index (χ1n) is 12.4. The number of hydrogen-bond acceptors (Lipinski definition) is 9. The summed E-state index contributed by atoms with van der Waals surface area (Å²) < 4.78 is 7.19. The highest BCUT2D eigenvalue weighted by Gasteiger charge is 2.40. The van der Waals surface area contributed by atoms with Gasteiger partial charge in [0.15, 0.2) is 5.82 Å². The Morgan fingerprint density at radius 3 is 2.49 bits per heavy atom. The summed E-state index contributed by atoms with van der Waals surface area (Å²) >= 11 is 0. The molecular weight excluding hydrogens is 442 g/mol. The fourth-order valence-electron chi connectivity index (χ4n) is 4.56. The van der Waals surface area contributed by atoms with Gasteiger partial charge < -0.3 is 15.8 Å². The van der Waals surface area contributed by atoms with Crippen LogP contribution in [0.1, 0.15) is 45.7 Å². The summed E-state index contributed by atoms with van der Waals surface area (Å²) in [5, 5.41) is 16.1. The maximum atomic E-state index is 6.37. The van der Waals surface area contributed by atoms with Crippen molar-refractivity contribution >= 4 is 23.0 Å². The van der Waals surface area contributed by atoms with Crippen molar-refractivity contribution in [1.29, 1.82) is 0 Å². The molecule has 0 spiro atoms. The van der Waals surface area contributed by atoms with Gasteiger partial charge in [-0.2, -0.15) is 15.2 Å². The van der Waals surface area contributed by atoms with Gasteiger partial charge in [0.2, 0.25) is 5.95 Å². The summed E-state index contributed by atoms with van der Waals surface area (Å²) in [5.41, 5.74) is 10.6. The molecule has 188 valence electrons. The third-order valence-corrected chi connectivity index (χ3v) is 6.50.